The topological polar surface area (TPSA) is 51.2 Å². The van der Waals surface area contributed by atoms with E-state index in [0.29, 0.717) is 18.3 Å². The Kier molecular flexibility index (Phi) is 6.04. The molecule has 1 aromatic carbocycles. The quantitative estimate of drug-likeness (QED) is 0.750. The van der Waals surface area contributed by atoms with Crippen molar-refractivity contribution in [3.8, 4) is 5.88 Å². The standard InChI is InChI=1S/C21H26N2O2/c1-2-6-19(18-7-4-3-5-8-18)21(24)23-14-17-11-12-20(22-13-17)25-15-16-9-10-16/h3-5,7-8,11-13,16,19H,2,6,9-10,14-15H2,1H3,(H,23,24). The molecule has 0 spiro atoms. The molecule has 1 aliphatic rings. The first-order valence-corrected chi connectivity index (χ1v) is 9.16. The van der Waals surface area contributed by atoms with Gasteiger partial charge in [0.2, 0.25) is 11.8 Å². The normalized spacial score (nSPS) is 14.8. The van der Waals surface area contributed by atoms with E-state index >= 15 is 0 Å². The first-order chi connectivity index (χ1) is 12.3. The SMILES string of the molecule is CCCC(C(=O)NCc1ccc(OCC2CC2)nc1)c1ccccc1. The number of benzene rings is 1. The fraction of sp³-hybridized carbons (Fsp3) is 0.429. The average Bonchev–Trinajstić information content (AvgIpc) is 3.48. The van der Waals surface area contributed by atoms with Crippen molar-refractivity contribution in [2.45, 2.75) is 45.1 Å². The predicted octanol–water partition coefficient (Wildman–Crippen LogP) is 4.07. The second kappa shape index (κ2) is 8.65. The highest BCUT2D eigenvalue weighted by molar-refractivity contribution is 5.83. The maximum absolute atomic E-state index is 12.6. The number of hydrogen-bond acceptors (Lipinski definition) is 3. The van der Waals surface area contributed by atoms with Crippen molar-refractivity contribution in [2.24, 2.45) is 5.92 Å². The van der Waals surface area contributed by atoms with Gasteiger partial charge in [-0.25, -0.2) is 4.98 Å². The first-order valence-electron chi connectivity index (χ1n) is 9.16. The number of nitrogens with one attached hydrogen (secondary N) is 1. The minimum absolute atomic E-state index is 0.0714. The lowest BCUT2D eigenvalue weighted by atomic mass is 9.93. The highest BCUT2D eigenvalue weighted by Crippen LogP contribution is 2.29. The largest absolute Gasteiger partial charge is 0.477 e. The molecular weight excluding hydrogens is 312 g/mol. The molecule has 1 atom stereocenters. The highest BCUT2D eigenvalue weighted by Gasteiger charge is 2.22. The number of rotatable bonds is 9. The van der Waals surface area contributed by atoms with Crippen LogP contribution < -0.4 is 10.1 Å². The van der Waals surface area contributed by atoms with Crippen molar-refractivity contribution in [3.63, 3.8) is 0 Å². The third-order valence-electron chi connectivity index (χ3n) is 4.52. The Morgan fingerprint density at radius 2 is 2.04 bits per heavy atom. The molecule has 25 heavy (non-hydrogen) atoms. The number of carbonyl (C=O) groups is 1. The number of nitrogens with zero attached hydrogens (tertiary/aromatic N) is 1. The summed E-state index contributed by atoms with van der Waals surface area (Å²) in [7, 11) is 0. The van der Waals surface area contributed by atoms with Gasteiger partial charge in [-0.3, -0.25) is 4.79 Å². The molecule has 1 heterocycles. The zero-order chi connectivity index (χ0) is 17.5. The van der Waals surface area contributed by atoms with Gasteiger partial charge in [0, 0.05) is 18.8 Å². The van der Waals surface area contributed by atoms with Crippen molar-refractivity contribution in [1.29, 1.82) is 0 Å². The third kappa shape index (κ3) is 5.31. The van der Waals surface area contributed by atoms with Gasteiger partial charge in [-0.2, -0.15) is 0 Å². The monoisotopic (exact) mass is 338 g/mol. The summed E-state index contributed by atoms with van der Waals surface area (Å²) in [5.74, 6) is 1.35. The summed E-state index contributed by atoms with van der Waals surface area (Å²) in [5.41, 5.74) is 2.05. The fourth-order valence-electron chi connectivity index (χ4n) is 2.82. The fourth-order valence-corrected chi connectivity index (χ4v) is 2.82. The molecular formula is C21H26N2O2. The van der Waals surface area contributed by atoms with Gasteiger partial charge < -0.3 is 10.1 Å². The summed E-state index contributed by atoms with van der Waals surface area (Å²) in [6, 6.07) is 13.8. The summed E-state index contributed by atoms with van der Waals surface area (Å²) in [5, 5.41) is 3.04. The van der Waals surface area contributed by atoms with Crippen LogP contribution in [0.25, 0.3) is 0 Å². The second-order valence-corrected chi connectivity index (χ2v) is 6.73. The summed E-state index contributed by atoms with van der Waals surface area (Å²) in [6.45, 7) is 3.36. The molecule has 1 saturated carbocycles. The van der Waals surface area contributed by atoms with Crippen molar-refractivity contribution in [1.82, 2.24) is 10.3 Å². The van der Waals surface area contributed by atoms with Gasteiger partial charge in [0.05, 0.1) is 12.5 Å². The molecule has 1 unspecified atom stereocenters. The molecule has 4 heteroatoms. The number of pyridine rings is 1. The van der Waals surface area contributed by atoms with Crippen LogP contribution in [0.2, 0.25) is 0 Å². The molecule has 3 rings (SSSR count). The number of ether oxygens (including phenoxy) is 1. The van der Waals surface area contributed by atoms with Crippen LogP contribution >= 0.6 is 0 Å². The molecule has 1 fully saturated rings. The van der Waals surface area contributed by atoms with Gasteiger partial charge in [0.25, 0.3) is 0 Å². The molecule has 4 nitrogen and oxygen atoms in total. The lowest BCUT2D eigenvalue weighted by Crippen LogP contribution is -2.29. The van der Waals surface area contributed by atoms with E-state index in [2.05, 4.69) is 17.2 Å². The van der Waals surface area contributed by atoms with Crippen LogP contribution in [0.4, 0.5) is 0 Å². The van der Waals surface area contributed by atoms with E-state index in [-0.39, 0.29) is 11.8 Å². The molecule has 0 bridgehead atoms. The lowest BCUT2D eigenvalue weighted by Gasteiger charge is -2.16. The molecule has 1 aliphatic carbocycles. The van der Waals surface area contributed by atoms with Crippen LogP contribution in [0.3, 0.4) is 0 Å². The maximum Gasteiger partial charge on any atom is 0.227 e. The van der Waals surface area contributed by atoms with E-state index < -0.39 is 0 Å². The van der Waals surface area contributed by atoms with Crippen LogP contribution in [0.15, 0.2) is 48.7 Å². The Morgan fingerprint density at radius 1 is 1.24 bits per heavy atom. The second-order valence-electron chi connectivity index (χ2n) is 6.73. The van der Waals surface area contributed by atoms with Crippen LogP contribution in [0.5, 0.6) is 5.88 Å². The number of amides is 1. The van der Waals surface area contributed by atoms with E-state index in [1.54, 1.807) is 6.20 Å². The number of hydrogen-bond donors (Lipinski definition) is 1. The minimum atomic E-state index is -0.0969. The maximum atomic E-state index is 12.6. The molecule has 0 radical (unpaired) electrons. The van der Waals surface area contributed by atoms with Gasteiger partial charge in [0.15, 0.2) is 0 Å². The molecule has 1 amide bonds. The Morgan fingerprint density at radius 3 is 2.68 bits per heavy atom. The number of aromatic nitrogens is 1. The van der Waals surface area contributed by atoms with Crippen molar-refractivity contribution in [3.05, 3.63) is 59.8 Å². The lowest BCUT2D eigenvalue weighted by molar-refractivity contribution is -0.122. The van der Waals surface area contributed by atoms with E-state index in [9.17, 15) is 4.79 Å². The molecule has 0 aliphatic heterocycles. The summed E-state index contributed by atoms with van der Waals surface area (Å²) in [4.78, 5) is 16.9. The summed E-state index contributed by atoms with van der Waals surface area (Å²) >= 11 is 0. The van der Waals surface area contributed by atoms with Crippen molar-refractivity contribution < 1.29 is 9.53 Å². The van der Waals surface area contributed by atoms with E-state index in [0.717, 1.165) is 30.6 Å². The smallest absolute Gasteiger partial charge is 0.227 e. The summed E-state index contributed by atoms with van der Waals surface area (Å²) in [6.07, 6.45) is 6.14. The predicted molar refractivity (Wildman–Crippen MR) is 98.4 cm³/mol. The molecule has 1 aromatic heterocycles. The first kappa shape index (κ1) is 17.5. The van der Waals surface area contributed by atoms with Crippen LogP contribution in [0.1, 0.15) is 49.7 Å². The summed E-state index contributed by atoms with van der Waals surface area (Å²) < 4.78 is 5.64. The zero-order valence-electron chi connectivity index (χ0n) is 14.8. The van der Waals surface area contributed by atoms with E-state index in [1.807, 2.05) is 42.5 Å². The Labute approximate surface area is 149 Å². The minimum Gasteiger partial charge on any atom is -0.477 e. The van der Waals surface area contributed by atoms with E-state index in [1.165, 1.54) is 12.8 Å². The van der Waals surface area contributed by atoms with Crippen molar-refractivity contribution >= 4 is 5.91 Å². The molecule has 1 N–H and O–H groups in total. The molecule has 132 valence electrons. The highest BCUT2D eigenvalue weighted by atomic mass is 16.5. The molecule has 0 saturated heterocycles. The van der Waals surface area contributed by atoms with Gasteiger partial charge >= 0.3 is 0 Å². The number of carbonyl (C=O) groups excluding carboxylic acids is 1. The van der Waals surface area contributed by atoms with Gasteiger partial charge in [-0.1, -0.05) is 49.7 Å². The zero-order valence-corrected chi connectivity index (χ0v) is 14.8. The third-order valence-corrected chi connectivity index (χ3v) is 4.52. The Bertz CT molecular complexity index is 666. The van der Waals surface area contributed by atoms with Gasteiger partial charge in [-0.05, 0) is 36.3 Å². The van der Waals surface area contributed by atoms with Crippen LogP contribution in [-0.4, -0.2) is 17.5 Å². The van der Waals surface area contributed by atoms with Gasteiger partial charge in [0.1, 0.15) is 0 Å². The van der Waals surface area contributed by atoms with E-state index in [4.69, 9.17) is 4.74 Å². The van der Waals surface area contributed by atoms with Crippen molar-refractivity contribution in [2.75, 3.05) is 6.61 Å². The van der Waals surface area contributed by atoms with Crippen LogP contribution in [-0.2, 0) is 11.3 Å². The Balaban J connectivity index is 1.52. The van der Waals surface area contributed by atoms with Gasteiger partial charge in [-0.15, -0.1) is 0 Å². The Hall–Kier alpha value is -2.36. The van der Waals surface area contributed by atoms with Crippen LogP contribution in [0, 0.1) is 5.92 Å². The average molecular weight is 338 g/mol. The molecule has 2 aromatic rings.